The summed E-state index contributed by atoms with van der Waals surface area (Å²) in [6.45, 7) is 8.87. The van der Waals surface area contributed by atoms with Gasteiger partial charge in [-0.15, -0.1) is 35.3 Å². The van der Waals surface area contributed by atoms with Crippen molar-refractivity contribution < 1.29 is 0 Å². The largest absolute Gasteiger partial charge is 0.357 e. The standard InChI is InChI=1S/C18H26N4S.HI/c1-4-19-18(20-11-10-17-21-13-15(3)23-17)22-12-14(2)16-8-6-5-7-9-16;/h5-9,13-14H,4,10-12H2,1-3H3,(H2,19,20,22);1H. The van der Waals surface area contributed by atoms with Crippen LogP contribution in [0, 0.1) is 6.92 Å². The zero-order valence-electron chi connectivity index (χ0n) is 14.6. The lowest BCUT2D eigenvalue weighted by atomic mass is 10.0. The van der Waals surface area contributed by atoms with Crippen molar-refractivity contribution in [2.45, 2.75) is 33.1 Å². The predicted molar refractivity (Wildman–Crippen MR) is 115 cm³/mol. The van der Waals surface area contributed by atoms with Gasteiger partial charge in [0.25, 0.3) is 0 Å². The number of rotatable bonds is 7. The second-order valence-corrected chi connectivity index (χ2v) is 6.89. The number of halogens is 1. The summed E-state index contributed by atoms with van der Waals surface area (Å²) in [5.41, 5.74) is 1.32. The molecular formula is C18H27IN4S. The topological polar surface area (TPSA) is 49.3 Å². The van der Waals surface area contributed by atoms with Gasteiger partial charge in [0.2, 0.25) is 0 Å². The molecule has 132 valence electrons. The van der Waals surface area contributed by atoms with Crippen LogP contribution in [-0.4, -0.2) is 30.6 Å². The Morgan fingerprint density at radius 1 is 1.25 bits per heavy atom. The molecule has 0 aliphatic carbocycles. The first kappa shape index (κ1) is 20.9. The summed E-state index contributed by atoms with van der Waals surface area (Å²) in [5, 5.41) is 7.86. The third-order valence-corrected chi connectivity index (χ3v) is 4.51. The molecule has 0 spiro atoms. The van der Waals surface area contributed by atoms with E-state index in [-0.39, 0.29) is 24.0 Å². The Morgan fingerprint density at radius 2 is 2.00 bits per heavy atom. The van der Waals surface area contributed by atoms with Crippen molar-refractivity contribution in [2.24, 2.45) is 4.99 Å². The quantitative estimate of drug-likeness (QED) is 0.375. The second kappa shape index (κ2) is 11.4. The molecule has 0 aliphatic heterocycles. The van der Waals surface area contributed by atoms with Crippen LogP contribution < -0.4 is 10.6 Å². The van der Waals surface area contributed by atoms with Gasteiger partial charge >= 0.3 is 0 Å². The number of nitrogens with one attached hydrogen (secondary N) is 2. The molecule has 2 N–H and O–H groups in total. The van der Waals surface area contributed by atoms with E-state index < -0.39 is 0 Å². The molecule has 1 heterocycles. The maximum absolute atomic E-state index is 4.70. The van der Waals surface area contributed by atoms with Crippen molar-refractivity contribution in [3.05, 3.63) is 52.0 Å². The Balaban J connectivity index is 0.00000288. The molecule has 0 saturated carbocycles. The molecule has 24 heavy (non-hydrogen) atoms. The highest BCUT2D eigenvalue weighted by atomic mass is 127. The molecule has 0 bridgehead atoms. The Hall–Kier alpha value is -1.15. The summed E-state index contributed by atoms with van der Waals surface area (Å²) in [7, 11) is 0. The summed E-state index contributed by atoms with van der Waals surface area (Å²) in [6, 6.07) is 10.5. The minimum atomic E-state index is 0. The van der Waals surface area contributed by atoms with Gasteiger partial charge in [-0.2, -0.15) is 0 Å². The lowest BCUT2D eigenvalue weighted by Crippen LogP contribution is -2.38. The molecule has 6 heteroatoms. The van der Waals surface area contributed by atoms with Crippen LogP contribution in [0.25, 0.3) is 0 Å². The minimum Gasteiger partial charge on any atom is -0.357 e. The van der Waals surface area contributed by atoms with Crippen LogP contribution in [0.4, 0.5) is 0 Å². The Kier molecular flexibility index (Phi) is 9.94. The minimum absolute atomic E-state index is 0. The zero-order chi connectivity index (χ0) is 16.5. The van der Waals surface area contributed by atoms with E-state index in [2.05, 4.69) is 60.7 Å². The SMILES string of the molecule is CCNC(=NCC(C)c1ccccc1)NCCc1ncc(C)s1.I. The van der Waals surface area contributed by atoms with Gasteiger partial charge < -0.3 is 10.6 Å². The van der Waals surface area contributed by atoms with Crippen LogP contribution in [0.3, 0.4) is 0 Å². The molecule has 0 aliphatic rings. The van der Waals surface area contributed by atoms with Crippen LogP contribution in [0.1, 0.15) is 35.2 Å². The molecule has 1 aromatic carbocycles. The van der Waals surface area contributed by atoms with Crippen LogP contribution in [0.15, 0.2) is 41.5 Å². The monoisotopic (exact) mass is 458 g/mol. The summed E-state index contributed by atoms with van der Waals surface area (Å²) >= 11 is 1.76. The molecule has 0 radical (unpaired) electrons. The van der Waals surface area contributed by atoms with E-state index >= 15 is 0 Å². The van der Waals surface area contributed by atoms with Crippen molar-refractivity contribution in [2.75, 3.05) is 19.6 Å². The van der Waals surface area contributed by atoms with Crippen molar-refractivity contribution in [3.63, 3.8) is 0 Å². The summed E-state index contributed by atoms with van der Waals surface area (Å²) in [6.07, 6.45) is 2.86. The molecule has 0 amide bonds. The van der Waals surface area contributed by atoms with Crippen LogP contribution in [0.2, 0.25) is 0 Å². The Bertz CT molecular complexity index is 612. The summed E-state index contributed by atoms with van der Waals surface area (Å²) < 4.78 is 0. The Morgan fingerprint density at radius 3 is 2.62 bits per heavy atom. The highest BCUT2D eigenvalue weighted by Crippen LogP contribution is 2.14. The first-order chi connectivity index (χ1) is 11.2. The Labute approximate surface area is 166 Å². The van der Waals surface area contributed by atoms with Gasteiger partial charge in [0.05, 0.1) is 5.01 Å². The van der Waals surface area contributed by atoms with E-state index in [1.54, 1.807) is 11.3 Å². The maximum atomic E-state index is 4.70. The number of aliphatic imine (C=N–C) groups is 1. The molecule has 0 saturated heterocycles. The smallest absolute Gasteiger partial charge is 0.191 e. The number of aromatic nitrogens is 1. The average Bonchev–Trinajstić information content (AvgIpc) is 2.98. The van der Waals surface area contributed by atoms with Gasteiger partial charge in [-0.25, -0.2) is 4.98 Å². The zero-order valence-corrected chi connectivity index (χ0v) is 17.7. The first-order valence-corrected chi connectivity index (χ1v) is 8.99. The van der Waals surface area contributed by atoms with E-state index in [4.69, 9.17) is 4.99 Å². The number of nitrogens with zero attached hydrogens (tertiary/aromatic N) is 2. The number of guanidine groups is 1. The molecule has 2 aromatic rings. The molecule has 1 unspecified atom stereocenters. The number of hydrogen-bond acceptors (Lipinski definition) is 3. The number of aryl methyl sites for hydroxylation is 1. The van der Waals surface area contributed by atoms with Gasteiger partial charge in [0.1, 0.15) is 0 Å². The fourth-order valence-electron chi connectivity index (χ4n) is 2.26. The van der Waals surface area contributed by atoms with Gasteiger partial charge in [-0.1, -0.05) is 37.3 Å². The van der Waals surface area contributed by atoms with E-state index in [0.29, 0.717) is 5.92 Å². The lowest BCUT2D eigenvalue weighted by Gasteiger charge is -2.13. The third-order valence-electron chi connectivity index (χ3n) is 3.54. The van der Waals surface area contributed by atoms with Gasteiger partial charge in [0, 0.05) is 43.0 Å². The van der Waals surface area contributed by atoms with Crippen LogP contribution in [0.5, 0.6) is 0 Å². The van der Waals surface area contributed by atoms with E-state index in [1.165, 1.54) is 15.4 Å². The number of thiazole rings is 1. The maximum Gasteiger partial charge on any atom is 0.191 e. The molecule has 0 fully saturated rings. The molecule has 2 rings (SSSR count). The normalized spacial score (nSPS) is 12.4. The summed E-state index contributed by atoms with van der Waals surface area (Å²) in [4.78, 5) is 10.4. The van der Waals surface area contributed by atoms with E-state index in [9.17, 15) is 0 Å². The van der Waals surface area contributed by atoms with Crippen molar-refractivity contribution in [1.82, 2.24) is 15.6 Å². The van der Waals surface area contributed by atoms with Crippen molar-refractivity contribution in [3.8, 4) is 0 Å². The van der Waals surface area contributed by atoms with Crippen LogP contribution in [-0.2, 0) is 6.42 Å². The fourth-order valence-corrected chi connectivity index (χ4v) is 3.05. The summed E-state index contributed by atoms with van der Waals surface area (Å²) in [5.74, 6) is 1.29. The highest BCUT2D eigenvalue weighted by molar-refractivity contribution is 14.0. The van der Waals surface area contributed by atoms with Crippen molar-refractivity contribution >= 4 is 41.3 Å². The van der Waals surface area contributed by atoms with Crippen molar-refractivity contribution in [1.29, 1.82) is 0 Å². The molecule has 1 atom stereocenters. The fraction of sp³-hybridized carbons (Fsp3) is 0.444. The number of benzene rings is 1. The first-order valence-electron chi connectivity index (χ1n) is 8.17. The lowest BCUT2D eigenvalue weighted by molar-refractivity contribution is 0.745. The van der Waals surface area contributed by atoms with E-state index in [0.717, 1.165) is 32.0 Å². The second-order valence-electron chi connectivity index (χ2n) is 5.57. The van der Waals surface area contributed by atoms with Gasteiger partial charge in [0.15, 0.2) is 5.96 Å². The van der Waals surface area contributed by atoms with E-state index in [1.807, 2.05) is 12.3 Å². The number of hydrogen-bond donors (Lipinski definition) is 2. The van der Waals surface area contributed by atoms with Gasteiger partial charge in [-0.05, 0) is 19.4 Å². The third kappa shape index (κ3) is 7.17. The predicted octanol–water partition coefficient (Wildman–Crippen LogP) is 3.97. The highest BCUT2D eigenvalue weighted by Gasteiger charge is 2.05. The molecule has 1 aromatic heterocycles. The van der Waals surface area contributed by atoms with Crippen LogP contribution >= 0.6 is 35.3 Å². The average molecular weight is 458 g/mol. The molecule has 4 nitrogen and oxygen atoms in total. The molecular weight excluding hydrogens is 431 g/mol. The van der Waals surface area contributed by atoms with Gasteiger partial charge in [-0.3, -0.25) is 4.99 Å².